The smallest absolute Gasteiger partial charge is 0.272 e. The van der Waals surface area contributed by atoms with Gasteiger partial charge in [-0.3, -0.25) is 4.79 Å². The molecule has 4 heterocycles. The van der Waals surface area contributed by atoms with Gasteiger partial charge < -0.3 is 20.1 Å². The standard InChI is InChI=1S/C26H33N5O/c1-4-7-21-22-17(2)18(3)28-24(22)25(29-23(21)26(32)30-14-11-27-12-15-30)31-13-10-19-8-5-6-9-20(19)16-31/h5-6,8-9,27-28H,4,7,10-16H2,1-3H3. The van der Waals surface area contributed by atoms with E-state index in [1.165, 1.54) is 22.1 Å². The molecule has 0 spiro atoms. The lowest BCUT2D eigenvalue weighted by Crippen LogP contribution is -2.47. The molecule has 6 nitrogen and oxygen atoms in total. The lowest BCUT2D eigenvalue weighted by atomic mass is 9.97. The molecule has 0 radical (unpaired) electrons. The maximum absolute atomic E-state index is 13.7. The van der Waals surface area contributed by atoms with Crippen molar-refractivity contribution in [2.24, 2.45) is 0 Å². The summed E-state index contributed by atoms with van der Waals surface area (Å²) >= 11 is 0. The topological polar surface area (TPSA) is 64.3 Å². The molecule has 0 unspecified atom stereocenters. The number of carbonyl (C=O) groups excluding carboxylic acids is 1. The molecule has 0 atom stereocenters. The van der Waals surface area contributed by atoms with E-state index >= 15 is 0 Å². The molecule has 32 heavy (non-hydrogen) atoms. The van der Waals surface area contributed by atoms with Gasteiger partial charge in [-0.15, -0.1) is 0 Å². The average Bonchev–Trinajstić information content (AvgIpc) is 3.13. The molecule has 1 amide bonds. The van der Waals surface area contributed by atoms with E-state index in [1.807, 2.05) is 4.90 Å². The summed E-state index contributed by atoms with van der Waals surface area (Å²) < 4.78 is 0. The van der Waals surface area contributed by atoms with Crippen molar-refractivity contribution >= 4 is 22.6 Å². The van der Waals surface area contributed by atoms with Gasteiger partial charge in [0.1, 0.15) is 5.69 Å². The molecule has 5 rings (SSSR count). The van der Waals surface area contributed by atoms with Crippen LogP contribution in [-0.4, -0.2) is 53.5 Å². The summed E-state index contributed by atoms with van der Waals surface area (Å²) in [5.41, 5.74) is 7.99. The van der Waals surface area contributed by atoms with Gasteiger partial charge in [0.2, 0.25) is 0 Å². The SMILES string of the molecule is CCCc1c(C(=O)N2CCNCC2)nc(N2CCc3ccccc3C2)c2[nH]c(C)c(C)c12. The molecule has 168 valence electrons. The Bertz CT molecular complexity index is 1160. The first-order valence-electron chi connectivity index (χ1n) is 11.9. The van der Waals surface area contributed by atoms with Gasteiger partial charge >= 0.3 is 0 Å². The number of anilines is 1. The molecule has 0 aliphatic carbocycles. The predicted octanol–water partition coefficient (Wildman–Crippen LogP) is 3.74. The number of piperazine rings is 1. The summed E-state index contributed by atoms with van der Waals surface area (Å²) in [6, 6.07) is 8.66. The Labute approximate surface area is 190 Å². The molecule has 6 heteroatoms. The Morgan fingerprint density at radius 3 is 2.59 bits per heavy atom. The molecule has 3 aromatic rings. The summed E-state index contributed by atoms with van der Waals surface area (Å²) in [5.74, 6) is 0.998. The van der Waals surface area contributed by atoms with E-state index in [0.717, 1.165) is 81.1 Å². The van der Waals surface area contributed by atoms with E-state index in [2.05, 4.69) is 60.2 Å². The minimum atomic E-state index is 0.0776. The number of carbonyl (C=O) groups is 1. The van der Waals surface area contributed by atoms with Crippen LogP contribution in [0.5, 0.6) is 0 Å². The van der Waals surface area contributed by atoms with Gasteiger partial charge in [-0.05, 0) is 48.9 Å². The lowest BCUT2D eigenvalue weighted by Gasteiger charge is -2.32. The van der Waals surface area contributed by atoms with Crippen LogP contribution in [0, 0.1) is 13.8 Å². The number of hydrogen-bond donors (Lipinski definition) is 2. The largest absolute Gasteiger partial charge is 0.355 e. The van der Waals surface area contributed by atoms with Crippen LogP contribution in [0.1, 0.15) is 51.8 Å². The second-order valence-corrected chi connectivity index (χ2v) is 9.12. The quantitative estimate of drug-likeness (QED) is 0.661. The summed E-state index contributed by atoms with van der Waals surface area (Å²) in [7, 11) is 0. The van der Waals surface area contributed by atoms with E-state index in [0.29, 0.717) is 5.69 Å². The van der Waals surface area contributed by atoms with Gasteiger partial charge in [-0.25, -0.2) is 4.98 Å². The highest BCUT2D eigenvalue weighted by Crippen LogP contribution is 2.36. The average molecular weight is 432 g/mol. The first kappa shape index (κ1) is 21.0. The molecule has 2 aliphatic heterocycles. The zero-order valence-electron chi connectivity index (χ0n) is 19.4. The fraction of sp³-hybridized carbons (Fsp3) is 0.462. The second-order valence-electron chi connectivity index (χ2n) is 9.12. The van der Waals surface area contributed by atoms with Crippen LogP contribution in [0.3, 0.4) is 0 Å². The third-order valence-electron chi connectivity index (χ3n) is 7.07. The molecular formula is C26H33N5O. The fourth-order valence-corrected chi connectivity index (χ4v) is 5.20. The van der Waals surface area contributed by atoms with E-state index in [9.17, 15) is 4.79 Å². The number of nitrogens with zero attached hydrogens (tertiary/aromatic N) is 3. The Morgan fingerprint density at radius 2 is 1.84 bits per heavy atom. The molecule has 1 saturated heterocycles. The molecule has 1 fully saturated rings. The summed E-state index contributed by atoms with van der Waals surface area (Å²) in [4.78, 5) is 26.8. The van der Waals surface area contributed by atoms with Gasteiger partial charge in [0.15, 0.2) is 5.82 Å². The highest BCUT2D eigenvalue weighted by molar-refractivity contribution is 6.04. The maximum atomic E-state index is 13.7. The first-order valence-corrected chi connectivity index (χ1v) is 11.9. The van der Waals surface area contributed by atoms with Gasteiger partial charge in [0.05, 0.1) is 5.52 Å². The van der Waals surface area contributed by atoms with Crippen molar-refractivity contribution in [3.8, 4) is 0 Å². The number of nitrogens with one attached hydrogen (secondary N) is 2. The minimum absolute atomic E-state index is 0.0776. The van der Waals surface area contributed by atoms with Crippen molar-refractivity contribution in [1.29, 1.82) is 0 Å². The Hall–Kier alpha value is -2.86. The molecule has 1 aromatic carbocycles. The molecule has 2 aliphatic rings. The number of hydrogen-bond acceptors (Lipinski definition) is 4. The minimum Gasteiger partial charge on any atom is -0.355 e. The number of fused-ring (bicyclic) bond motifs is 2. The van der Waals surface area contributed by atoms with Crippen LogP contribution in [0.4, 0.5) is 5.82 Å². The van der Waals surface area contributed by atoms with Gasteiger partial charge in [-0.2, -0.15) is 0 Å². The number of aryl methyl sites for hydroxylation is 3. The van der Waals surface area contributed by atoms with Crippen LogP contribution >= 0.6 is 0 Å². The van der Waals surface area contributed by atoms with Crippen LogP contribution in [0.2, 0.25) is 0 Å². The molecular weight excluding hydrogens is 398 g/mol. The van der Waals surface area contributed by atoms with Crippen molar-refractivity contribution in [3.63, 3.8) is 0 Å². The number of H-pyrrole nitrogens is 1. The second kappa shape index (κ2) is 8.58. The number of amides is 1. The zero-order valence-corrected chi connectivity index (χ0v) is 19.4. The van der Waals surface area contributed by atoms with Crippen molar-refractivity contribution in [2.75, 3.05) is 37.6 Å². The lowest BCUT2D eigenvalue weighted by molar-refractivity contribution is 0.0729. The Balaban J connectivity index is 1.67. The Kier molecular flexibility index (Phi) is 5.64. The summed E-state index contributed by atoms with van der Waals surface area (Å²) in [6.45, 7) is 11.4. The number of aromatic nitrogens is 2. The first-order chi connectivity index (χ1) is 15.6. The van der Waals surface area contributed by atoms with Crippen molar-refractivity contribution < 1.29 is 4.79 Å². The highest BCUT2D eigenvalue weighted by atomic mass is 16.2. The third kappa shape index (κ3) is 3.56. The van der Waals surface area contributed by atoms with E-state index in [4.69, 9.17) is 4.98 Å². The van der Waals surface area contributed by atoms with Crippen LogP contribution in [0.15, 0.2) is 24.3 Å². The maximum Gasteiger partial charge on any atom is 0.272 e. The monoisotopic (exact) mass is 431 g/mol. The van der Waals surface area contributed by atoms with E-state index in [1.54, 1.807) is 0 Å². The predicted molar refractivity (Wildman–Crippen MR) is 130 cm³/mol. The number of pyridine rings is 1. The molecule has 2 N–H and O–H groups in total. The van der Waals surface area contributed by atoms with Gasteiger partial charge in [-0.1, -0.05) is 37.6 Å². The van der Waals surface area contributed by atoms with E-state index < -0.39 is 0 Å². The fourth-order valence-electron chi connectivity index (χ4n) is 5.20. The van der Waals surface area contributed by atoms with Crippen LogP contribution in [-0.2, 0) is 19.4 Å². The Morgan fingerprint density at radius 1 is 1.09 bits per heavy atom. The summed E-state index contributed by atoms with van der Waals surface area (Å²) in [6.07, 6.45) is 2.84. The van der Waals surface area contributed by atoms with Crippen LogP contribution in [0.25, 0.3) is 10.9 Å². The highest BCUT2D eigenvalue weighted by Gasteiger charge is 2.29. The number of rotatable bonds is 4. The molecule has 0 bridgehead atoms. The molecule has 0 saturated carbocycles. The van der Waals surface area contributed by atoms with Crippen molar-refractivity contribution in [2.45, 2.75) is 46.6 Å². The van der Waals surface area contributed by atoms with Gasteiger partial charge in [0.25, 0.3) is 5.91 Å². The number of aromatic amines is 1. The van der Waals surface area contributed by atoms with Crippen molar-refractivity contribution in [1.82, 2.24) is 20.2 Å². The van der Waals surface area contributed by atoms with Gasteiger partial charge in [0, 0.05) is 50.3 Å². The molecule has 2 aromatic heterocycles. The summed E-state index contributed by atoms with van der Waals surface area (Å²) in [5, 5.41) is 4.55. The third-order valence-corrected chi connectivity index (χ3v) is 7.07. The normalized spacial score (nSPS) is 16.5. The number of benzene rings is 1. The van der Waals surface area contributed by atoms with Crippen molar-refractivity contribution in [3.05, 3.63) is 57.9 Å². The zero-order chi connectivity index (χ0) is 22.2. The van der Waals surface area contributed by atoms with E-state index in [-0.39, 0.29) is 5.91 Å². The van der Waals surface area contributed by atoms with Crippen LogP contribution < -0.4 is 10.2 Å².